The molecule has 4 heteroatoms. The molecule has 1 aliphatic carbocycles. The Bertz CT molecular complexity index is 515. The highest BCUT2D eigenvalue weighted by Gasteiger charge is 2.42. The number of alkyl halides is 3. The first-order chi connectivity index (χ1) is 8.95. The van der Waals surface area contributed by atoms with E-state index in [1.165, 1.54) is 12.1 Å². The zero-order valence-corrected chi connectivity index (χ0v) is 12.3. The molecule has 1 aromatic carbocycles. The van der Waals surface area contributed by atoms with E-state index < -0.39 is 12.3 Å². The van der Waals surface area contributed by atoms with Crippen LogP contribution < -0.4 is 0 Å². The van der Waals surface area contributed by atoms with Crippen LogP contribution in [0.15, 0.2) is 18.2 Å². The summed E-state index contributed by atoms with van der Waals surface area (Å²) in [6, 6.07) is 4.69. The van der Waals surface area contributed by atoms with Gasteiger partial charge in [0, 0.05) is 0 Å². The Labute approximate surface area is 117 Å². The van der Waals surface area contributed by atoms with Gasteiger partial charge in [-0.3, -0.25) is 0 Å². The summed E-state index contributed by atoms with van der Waals surface area (Å²) in [6.45, 7) is 8.32. The third-order valence-corrected chi connectivity index (χ3v) is 4.50. The highest BCUT2D eigenvalue weighted by atomic mass is 19.4. The van der Waals surface area contributed by atoms with Crippen molar-refractivity contribution in [1.29, 1.82) is 0 Å². The Morgan fingerprint density at radius 2 is 1.50 bits per heavy atom. The zero-order chi connectivity index (χ0) is 15.3. The summed E-state index contributed by atoms with van der Waals surface area (Å²) in [4.78, 5) is 0. The Morgan fingerprint density at radius 1 is 1.00 bits per heavy atom. The van der Waals surface area contributed by atoms with Gasteiger partial charge in [0.1, 0.15) is 0 Å². The maximum Gasteiger partial charge on any atom is 0.418 e. The molecule has 1 atom stereocenters. The summed E-state index contributed by atoms with van der Waals surface area (Å²) >= 11 is 0. The second kappa shape index (κ2) is 4.48. The molecule has 0 heterocycles. The van der Waals surface area contributed by atoms with Gasteiger partial charge in [-0.2, -0.15) is 13.2 Å². The maximum atomic E-state index is 12.7. The van der Waals surface area contributed by atoms with Gasteiger partial charge in [-0.15, -0.1) is 0 Å². The van der Waals surface area contributed by atoms with Gasteiger partial charge in [-0.25, -0.2) is 0 Å². The topological polar surface area (TPSA) is 20.2 Å². The third-order valence-electron chi connectivity index (χ3n) is 4.50. The highest BCUT2D eigenvalue weighted by Crippen LogP contribution is 2.47. The third kappa shape index (κ3) is 2.58. The second-order valence-corrected chi connectivity index (χ2v) is 7.02. The van der Waals surface area contributed by atoms with Crippen LogP contribution in [0.5, 0.6) is 0 Å². The van der Waals surface area contributed by atoms with Crippen molar-refractivity contribution < 1.29 is 18.3 Å². The maximum absolute atomic E-state index is 12.7. The van der Waals surface area contributed by atoms with E-state index in [4.69, 9.17) is 0 Å². The smallest absolute Gasteiger partial charge is 0.379 e. The van der Waals surface area contributed by atoms with Gasteiger partial charge in [0.15, 0.2) is 6.10 Å². The number of aliphatic hydroxyl groups excluding tert-OH is 1. The van der Waals surface area contributed by atoms with Gasteiger partial charge >= 0.3 is 6.18 Å². The summed E-state index contributed by atoms with van der Waals surface area (Å²) in [6.07, 6.45) is -5.09. The number of benzene rings is 1. The van der Waals surface area contributed by atoms with E-state index in [1.54, 1.807) is 6.07 Å². The van der Waals surface area contributed by atoms with Crippen molar-refractivity contribution in [3.05, 3.63) is 34.9 Å². The molecule has 0 radical (unpaired) electrons. The summed E-state index contributed by atoms with van der Waals surface area (Å²) in [5.41, 5.74) is 1.75. The Balaban J connectivity index is 2.54. The van der Waals surface area contributed by atoms with Crippen LogP contribution >= 0.6 is 0 Å². The Kier molecular flexibility index (Phi) is 3.44. The fourth-order valence-electron chi connectivity index (χ4n) is 2.97. The summed E-state index contributed by atoms with van der Waals surface area (Å²) in [5.74, 6) is 0. The number of halogens is 3. The van der Waals surface area contributed by atoms with Crippen molar-refractivity contribution in [2.24, 2.45) is 0 Å². The van der Waals surface area contributed by atoms with Crippen molar-refractivity contribution >= 4 is 0 Å². The van der Waals surface area contributed by atoms with Crippen LogP contribution in [-0.4, -0.2) is 11.3 Å². The molecule has 2 rings (SSSR count). The molecule has 0 amide bonds. The normalized spacial score (nSPS) is 22.2. The van der Waals surface area contributed by atoms with E-state index in [0.717, 1.165) is 24.0 Å². The van der Waals surface area contributed by atoms with Crippen molar-refractivity contribution in [2.45, 2.75) is 63.6 Å². The lowest BCUT2D eigenvalue weighted by atomic mass is 9.63. The first-order valence-electron chi connectivity index (χ1n) is 6.85. The number of hydrogen-bond donors (Lipinski definition) is 1. The van der Waals surface area contributed by atoms with Crippen molar-refractivity contribution in [3.8, 4) is 0 Å². The molecule has 0 saturated carbocycles. The fraction of sp³-hybridized carbons (Fsp3) is 0.625. The lowest BCUT2D eigenvalue weighted by Crippen LogP contribution is -2.34. The van der Waals surface area contributed by atoms with Crippen LogP contribution in [0.1, 0.15) is 63.3 Å². The molecule has 1 nitrogen and oxygen atoms in total. The van der Waals surface area contributed by atoms with Crippen LogP contribution in [0.2, 0.25) is 0 Å². The SMILES string of the molecule is CC1(C)CCC(C)(C)c2cc(C(O)C(F)(F)F)ccc21. The lowest BCUT2D eigenvalue weighted by Gasteiger charge is -2.42. The summed E-state index contributed by atoms with van der Waals surface area (Å²) in [7, 11) is 0. The largest absolute Gasteiger partial charge is 0.418 e. The van der Waals surface area contributed by atoms with Gasteiger partial charge in [0.25, 0.3) is 0 Å². The van der Waals surface area contributed by atoms with E-state index in [1.807, 2.05) is 13.8 Å². The van der Waals surface area contributed by atoms with Gasteiger partial charge in [-0.05, 0) is 40.4 Å². The molecule has 0 bridgehead atoms. The number of fused-ring (bicyclic) bond motifs is 1. The standard InChI is InChI=1S/C16H21F3O/c1-14(2)7-8-15(3,4)12-9-10(5-6-11(12)14)13(20)16(17,18)19/h5-6,9,13,20H,7-8H2,1-4H3. The molecule has 20 heavy (non-hydrogen) atoms. The average Bonchev–Trinajstić information content (AvgIpc) is 2.33. The number of hydrogen-bond acceptors (Lipinski definition) is 1. The summed E-state index contributed by atoms with van der Waals surface area (Å²) < 4.78 is 38.0. The number of rotatable bonds is 1. The zero-order valence-electron chi connectivity index (χ0n) is 12.3. The molecule has 1 N–H and O–H groups in total. The molecule has 1 aliphatic rings. The highest BCUT2D eigenvalue weighted by molar-refractivity contribution is 5.44. The van der Waals surface area contributed by atoms with Gasteiger partial charge in [0.2, 0.25) is 0 Å². The van der Waals surface area contributed by atoms with E-state index in [0.29, 0.717) is 0 Å². The predicted octanol–water partition coefficient (Wildman–Crippen LogP) is 4.63. The molecular weight excluding hydrogens is 265 g/mol. The van der Waals surface area contributed by atoms with Crippen LogP contribution in [0.4, 0.5) is 13.2 Å². The first kappa shape index (κ1) is 15.4. The van der Waals surface area contributed by atoms with E-state index in [-0.39, 0.29) is 16.4 Å². The van der Waals surface area contributed by atoms with Gasteiger partial charge in [0.05, 0.1) is 0 Å². The molecule has 0 fully saturated rings. The van der Waals surface area contributed by atoms with Crippen LogP contribution in [0.3, 0.4) is 0 Å². The molecule has 1 unspecified atom stereocenters. The van der Waals surface area contributed by atoms with Crippen LogP contribution in [0, 0.1) is 0 Å². The Morgan fingerprint density at radius 3 is 2.00 bits per heavy atom. The van der Waals surface area contributed by atoms with Gasteiger partial charge in [-0.1, -0.05) is 45.9 Å². The monoisotopic (exact) mass is 286 g/mol. The number of aliphatic hydroxyl groups is 1. The molecule has 0 saturated heterocycles. The molecule has 112 valence electrons. The van der Waals surface area contributed by atoms with Crippen molar-refractivity contribution in [2.75, 3.05) is 0 Å². The van der Waals surface area contributed by atoms with Crippen molar-refractivity contribution in [1.82, 2.24) is 0 Å². The molecule has 1 aromatic rings. The second-order valence-electron chi connectivity index (χ2n) is 7.02. The molecule has 0 aliphatic heterocycles. The molecular formula is C16H21F3O. The van der Waals surface area contributed by atoms with Crippen molar-refractivity contribution in [3.63, 3.8) is 0 Å². The van der Waals surface area contributed by atoms with E-state index >= 15 is 0 Å². The molecule has 0 aromatic heterocycles. The Hall–Kier alpha value is -1.03. The first-order valence-corrected chi connectivity index (χ1v) is 6.85. The fourth-order valence-corrected chi connectivity index (χ4v) is 2.97. The predicted molar refractivity (Wildman–Crippen MR) is 72.7 cm³/mol. The lowest BCUT2D eigenvalue weighted by molar-refractivity contribution is -0.206. The minimum Gasteiger partial charge on any atom is -0.379 e. The average molecular weight is 286 g/mol. The summed E-state index contributed by atoms with van der Waals surface area (Å²) in [5, 5.41) is 9.43. The van der Waals surface area contributed by atoms with Crippen LogP contribution in [-0.2, 0) is 10.8 Å². The minimum atomic E-state index is -4.62. The van der Waals surface area contributed by atoms with E-state index in [9.17, 15) is 18.3 Å². The minimum absolute atomic E-state index is 0.0352. The molecule has 0 spiro atoms. The van der Waals surface area contributed by atoms with E-state index in [2.05, 4.69) is 13.8 Å². The van der Waals surface area contributed by atoms with Crippen LogP contribution in [0.25, 0.3) is 0 Å². The quantitative estimate of drug-likeness (QED) is 0.798. The van der Waals surface area contributed by atoms with Gasteiger partial charge < -0.3 is 5.11 Å².